The number of benzene rings is 1. The summed E-state index contributed by atoms with van der Waals surface area (Å²) in [6.45, 7) is 1.46. The molecule has 0 radical (unpaired) electrons. The van der Waals surface area contributed by atoms with Crippen LogP contribution in [0, 0.1) is 0 Å². The first-order valence-electron chi connectivity index (χ1n) is 6.03. The smallest absolute Gasteiger partial charge is 0.225 e. The number of Topliss-reactive ketones (excluding diaryl/α,β-unsaturated/α-hetero) is 1. The van der Waals surface area contributed by atoms with Crippen molar-refractivity contribution in [2.75, 3.05) is 25.2 Å². The van der Waals surface area contributed by atoms with E-state index in [0.29, 0.717) is 11.3 Å². The number of carbonyl (C=O) groups is 2. The first-order valence-corrected chi connectivity index (χ1v) is 7.64. The van der Waals surface area contributed by atoms with Gasteiger partial charge >= 0.3 is 0 Å². The van der Waals surface area contributed by atoms with Crippen LogP contribution in [-0.4, -0.2) is 44.3 Å². The molecule has 110 valence electrons. The molecule has 1 rings (SSSR count). The van der Waals surface area contributed by atoms with Crippen molar-refractivity contribution in [3.05, 3.63) is 29.8 Å². The Hall–Kier alpha value is -1.73. The first kappa shape index (κ1) is 16.3. The van der Waals surface area contributed by atoms with Gasteiger partial charge in [0.1, 0.15) is 0 Å². The van der Waals surface area contributed by atoms with E-state index in [9.17, 15) is 18.0 Å². The maximum Gasteiger partial charge on any atom is 0.225 e. The average molecular weight is 298 g/mol. The topological polar surface area (TPSA) is 83.5 Å². The molecule has 7 heteroatoms. The van der Waals surface area contributed by atoms with Crippen LogP contribution in [0.2, 0.25) is 0 Å². The Bertz CT molecular complexity index is 591. The van der Waals surface area contributed by atoms with Crippen molar-refractivity contribution in [3.8, 4) is 0 Å². The Kier molecular flexibility index (Phi) is 5.41. The van der Waals surface area contributed by atoms with Crippen molar-refractivity contribution in [2.24, 2.45) is 0 Å². The highest BCUT2D eigenvalue weighted by Gasteiger charge is 2.15. The number of hydrogen-bond donors (Lipinski definition) is 1. The minimum Gasteiger partial charge on any atom is -0.326 e. The third-order valence-electron chi connectivity index (χ3n) is 2.72. The Labute approximate surface area is 118 Å². The maximum absolute atomic E-state index is 11.6. The number of anilines is 1. The highest BCUT2D eigenvalue weighted by Crippen LogP contribution is 2.10. The third kappa shape index (κ3) is 4.75. The largest absolute Gasteiger partial charge is 0.326 e. The molecule has 0 aliphatic rings. The van der Waals surface area contributed by atoms with Crippen LogP contribution in [0.1, 0.15) is 23.7 Å². The van der Waals surface area contributed by atoms with Crippen LogP contribution in [0.5, 0.6) is 0 Å². The molecule has 0 saturated heterocycles. The molecule has 0 saturated carbocycles. The predicted molar refractivity (Wildman–Crippen MR) is 77.2 cm³/mol. The van der Waals surface area contributed by atoms with Gasteiger partial charge in [-0.1, -0.05) is 0 Å². The van der Waals surface area contributed by atoms with Gasteiger partial charge in [-0.2, -0.15) is 0 Å². The molecule has 0 bridgehead atoms. The second-order valence-electron chi connectivity index (χ2n) is 4.53. The molecule has 1 aromatic carbocycles. The van der Waals surface area contributed by atoms with Crippen LogP contribution >= 0.6 is 0 Å². The van der Waals surface area contributed by atoms with Crippen molar-refractivity contribution < 1.29 is 18.0 Å². The fraction of sp³-hybridized carbons (Fsp3) is 0.385. The van der Waals surface area contributed by atoms with E-state index in [-0.39, 0.29) is 23.9 Å². The Morgan fingerprint density at radius 1 is 1.15 bits per heavy atom. The molecular weight excluding hydrogens is 280 g/mol. The zero-order valence-electron chi connectivity index (χ0n) is 11.7. The maximum atomic E-state index is 11.6. The summed E-state index contributed by atoms with van der Waals surface area (Å²) in [7, 11) is -0.527. The van der Waals surface area contributed by atoms with Gasteiger partial charge in [0.05, 0.1) is 5.75 Å². The zero-order valence-corrected chi connectivity index (χ0v) is 12.5. The minimum absolute atomic E-state index is 0.0556. The van der Waals surface area contributed by atoms with Crippen molar-refractivity contribution in [1.82, 2.24) is 4.31 Å². The number of carbonyl (C=O) groups excluding carboxylic acids is 2. The zero-order chi connectivity index (χ0) is 15.3. The fourth-order valence-corrected chi connectivity index (χ4v) is 2.22. The fourth-order valence-electron chi connectivity index (χ4n) is 1.42. The van der Waals surface area contributed by atoms with Gasteiger partial charge in [0.15, 0.2) is 5.78 Å². The van der Waals surface area contributed by atoms with Crippen molar-refractivity contribution in [3.63, 3.8) is 0 Å². The number of sulfonamides is 1. The van der Waals surface area contributed by atoms with E-state index in [1.807, 2.05) is 0 Å². The second kappa shape index (κ2) is 6.62. The van der Waals surface area contributed by atoms with Crippen LogP contribution in [0.4, 0.5) is 5.69 Å². The summed E-state index contributed by atoms with van der Waals surface area (Å²) < 4.78 is 24.1. The summed E-state index contributed by atoms with van der Waals surface area (Å²) >= 11 is 0. The number of rotatable bonds is 6. The van der Waals surface area contributed by atoms with Crippen molar-refractivity contribution in [1.29, 1.82) is 0 Å². The van der Waals surface area contributed by atoms with E-state index in [0.717, 1.165) is 4.31 Å². The lowest BCUT2D eigenvalue weighted by Crippen LogP contribution is -2.27. The summed E-state index contributed by atoms with van der Waals surface area (Å²) in [5.74, 6) is -0.678. The van der Waals surface area contributed by atoms with Crippen LogP contribution in [0.3, 0.4) is 0 Å². The summed E-state index contributed by atoms with van der Waals surface area (Å²) in [6, 6.07) is 6.42. The lowest BCUT2D eigenvalue weighted by atomic mass is 10.1. The summed E-state index contributed by atoms with van der Waals surface area (Å²) in [6.07, 6.45) is -0.116. The van der Waals surface area contributed by atoms with Gasteiger partial charge in [0.25, 0.3) is 0 Å². The molecule has 0 aromatic heterocycles. The molecule has 0 spiro atoms. The molecule has 0 aliphatic carbocycles. The Balaban J connectivity index is 2.57. The van der Waals surface area contributed by atoms with Gasteiger partial charge in [0, 0.05) is 31.8 Å². The van der Waals surface area contributed by atoms with Gasteiger partial charge < -0.3 is 5.32 Å². The van der Waals surface area contributed by atoms with Gasteiger partial charge in [-0.3, -0.25) is 9.59 Å². The number of amides is 1. The Morgan fingerprint density at radius 2 is 1.70 bits per heavy atom. The van der Waals surface area contributed by atoms with Gasteiger partial charge in [0.2, 0.25) is 15.9 Å². The second-order valence-corrected chi connectivity index (χ2v) is 6.83. The molecule has 0 heterocycles. The van der Waals surface area contributed by atoms with Crippen molar-refractivity contribution in [2.45, 2.75) is 13.3 Å². The minimum atomic E-state index is -3.38. The lowest BCUT2D eigenvalue weighted by Gasteiger charge is -2.11. The third-order valence-corrected chi connectivity index (χ3v) is 4.55. The van der Waals surface area contributed by atoms with E-state index < -0.39 is 10.0 Å². The molecule has 1 amide bonds. The SMILES string of the molecule is CC(=O)c1ccc(NC(=O)CCS(=O)(=O)N(C)C)cc1. The van der Waals surface area contributed by atoms with E-state index in [2.05, 4.69) is 5.32 Å². The molecule has 0 unspecified atom stereocenters. The van der Waals surface area contributed by atoms with Gasteiger partial charge in [-0.15, -0.1) is 0 Å². The van der Waals surface area contributed by atoms with Crippen LogP contribution in [0.25, 0.3) is 0 Å². The predicted octanol–water partition coefficient (Wildman–Crippen LogP) is 1.11. The highest BCUT2D eigenvalue weighted by atomic mass is 32.2. The molecule has 0 aliphatic heterocycles. The molecule has 1 N–H and O–H groups in total. The van der Waals surface area contributed by atoms with E-state index in [1.54, 1.807) is 24.3 Å². The standard InChI is InChI=1S/C13H18N2O4S/c1-10(16)11-4-6-12(7-5-11)14-13(17)8-9-20(18,19)15(2)3/h4-7H,8-9H2,1-3H3,(H,14,17). The number of ketones is 1. The summed E-state index contributed by atoms with van der Waals surface area (Å²) in [4.78, 5) is 22.7. The lowest BCUT2D eigenvalue weighted by molar-refractivity contribution is -0.115. The molecule has 6 nitrogen and oxygen atoms in total. The summed E-state index contributed by atoms with van der Waals surface area (Å²) in [5, 5.41) is 2.59. The average Bonchev–Trinajstić information content (AvgIpc) is 2.37. The monoisotopic (exact) mass is 298 g/mol. The van der Waals surface area contributed by atoms with E-state index >= 15 is 0 Å². The normalized spacial score (nSPS) is 11.4. The number of hydrogen-bond acceptors (Lipinski definition) is 4. The quantitative estimate of drug-likeness (QED) is 0.797. The molecule has 0 fully saturated rings. The number of nitrogens with one attached hydrogen (secondary N) is 1. The Morgan fingerprint density at radius 3 is 2.15 bits per heavy atom. The van der Waals surface area contributed by atoms with Crippen LogP contribution < -0.4 is 5.32 Å². The van der Waals surface area contributed by atoms with Gasteiger partial charge in [-0.25, -0.2) is 12.7 Å². The van der Waals surface area contributed by atoms with E-state index in [4.69, 9.17) is 0 Å². The van der Waals surface area contributed by atoms with Crippen LogP contribution in [-0.2, 0) is 14.8 Å². The van der Waals surface area contributed by atoms with Crippen molar-refractivity contribution >= 4 is 27.4 Å². The summed E-state index contributed by atoms with van der Waals surface area (Å²) in [5.41, 5.74) is 1.08. The molecule has 1 aromatic rings. The van der Waals surface area contributed by atoms with Gasteiger partial charge in [-0.05, 0) is 31.2 Å². The molecular formula is C13H18N2O4S. The van der Waals surface area contributed by atoms with Crippen LogP contribution in [0.15, 0.2) is 24.3 Å². The highest BCUT2D eigenvalue weighted by molar-refractivity contribution is 7.89. The first-order chi connectivity index (χ1) is 9.22. The van der Waals surface area contributed by atoms with E-state index in [1.165, 1.54) is 21.0 Å². The molecule has 20 heavy (non-hydrogen) atoms. The number of nitrogens with zero attached hydrogens (tertiary/aromatic N) is 1. The molecule has 0 atom stereocenters.